The summed E-state index contributed by atoms with van der Waals surface area (Å²) in [5, 5.41) is 0. The van der Waals surface area contributed by atoms with E-state index in [0.29, 0.717) is 18.8 Å². The second-order valence-electron chi connectivity index (χ2n) is 6.09. The van der Waals surface area contributed by atoms with E-state index in [0.717, 1.165) is 11.1 Å². The van der Waals surface area contributed by atoms with Crippen LogP contribution < -0.4 is 4.72 Å². The molecule has 3 aromatic rings. The van der Waals surface area contributed by atoms with Crippen LogP contribution in [0, 0.1) is 0 Å². The third-order valence-electron chi connectivity index (χ3n) is 4.22. The molecule has 3 rings (SSSR count). The van der Waals surface area contributed by atoms with Gasteiger partial charge in [-0.15, -0.1) is 0 Å². The summed E-state index contributed by atoms with van der Waals surface area (Å²) in [6.45, 7) is 2.90. The third kappa shape index (κ3) is 4.47. The number of amides is 1. The summed E-state index contributed by atoms with van der Waals surface area (Å²) in [6, 6.07) is 22.4. The fourth-order valence-corrected chi connectivity index (χ4v) is 3.86. The molecule has 0 aliphatic heterocycles. The average Bonchev–Trinajstić information content (AvgIpc) is 2.73. The average molecular weight is 395 g/mol. The van der Waals surface area contributed by atoms with Gasteiger partial charge in [-0.1, -0.05) is 60.7 Å². The van der Waals surface area contributed by atoms with Gasteiger partial charge in [0, 0.05) is 12.2 Å². The summed E-state index contributed by atoms with van der Waals surface area (Å²) >= 11 is 0. The highest BCUT2D eigenvalue weighted by atomic mass is 32.2. The van der Waals surface area contributed by atoms with Crippen molar-refractivity contribution in [1.29, 1.82) is 0 Å². The number of carbonyl (C=O) groups is 1. The van der Waals surface area contributed by atoms with Gasteiger partial charge in [0.2, 0.25) is 0 Å². The van der Waals surface area contributed by atoms with Gasteiger partial charge in [0.25, 0.3) is 15.9 Å². The molecule has 0 saturated heterocycles. The van der Waals surface area contributed by atoms with Gasteiger partial charge in [-0.3, -0.25) is 4.79 Å². The van der Waals surface area contributed by atoms with E-state index in [9.17, 15) is 13.2 Å². The zero-order valence-electron chi connectivity index (χ0n) is 15.5. The van der Waals surface area contributed by atoms with Crippen LogP contribution in [0.1, 0.15) is 22.8 Å². The lowest BCUT2D eigenvalue weighted by molar-refractivity contribution is 0.0982. The summed E-state index contributed by atoms with van der Waals surface area (Å²) in [5.74, 6) is -0.675. The maximum absolute atomic E-state index is 12.8. The topological polar surface area (TPSA) is 72.5 Å². The lowest BCUT2D eigenvalue weighted by Gasteiger charge is -2.14. The van der Waals surface area contributed by atoms with Gasteiger partial charge in [-0.05, 0) is 41.8 Å². The van der Waals surface area contributed by atoms with Crippen LogP contribution in [-0.2, 0) is 21.4 Å². The van der Waals surface area contributed by atoms with Gasteiger partial charge >= 0.3 is 0 Å². The Balaban J connectivity index is 1.96. The zero-order valence-corrected chi connectivity index (χ0v) is 16.3. The largest absolute Gasteiger partial charge is 0.377 e. The molecule has 0 unspecified atom stereocenters. The number of carbonyl (C=O) groups excluding carboxylic acids is 1. The molecule has 1 N–H and O–H groups in total. The summed E-state index contributed by atoms with van der Waals surface area (Å²) < 4.78 is 32.7. The van der Waals surface area contributed by atoms with E-state index in [1.807, 2.05) is 37.3 Å². The van der Waals surface area contributed by atoms with Crippen molar-refractivity contribution >= 4 is 15.9 Å². The second-order valence-corrected chi connectivity index (χ2v) is 7.77. The molecule has 6 heteroatoms. The highest BCUT2D eigenvalue weighted by molar-refractivity contribution is 7.90. The lowest BCUT2D eigenvalue weighted by atomic mass is 9.95. The van der Waals surface area contributed by atoms with E-state index in [1.54, 1.807) is 36.4 Å². The monoisotopic (exact) mass is 395 g/mol. The van der Waals surface area contributed by atoms with Crippen LogP contribution in [0.2, 0.25) is 0 Å². The molecule has 0 heterocycles. The van der Waals surface area contributed by atoms with Crippen LogP contribution in [0.3, 0.4) is 0 Å². The number of benzene rings is 3. The normalized spacial score (nSPS) is 11.2. The number of rotatable bonds is 7. The third-order valence-corrected chi connectivity index (χ3v) is 5.57. The number of hydrogen-bond donors (Lipinski definition) is 1. The minimum Gasteiger partial charge on any atom is -0.377 e. The van der Waals surface area contributed by atoms with Crippen molar-refractivity contribution in [2.24, 2.45) is 0 Å². The van der Waals surface area contributed by atoms with E-state index in [2.05, 4.69) is 4.72 Å². The molecule has 28 heavy (non-hydrogen) atoms. The molecule has 0 saturated carbocycles. The Labute approximate surface area is 165 Å². The smallest absolute Gasteiger partial charge is 0.265 e. The quantitative estimate of drug-likeness (QED) is 0.656. The van der Waals surface area contributed by atoms with Crippen molar-refractivity contribution in [1.82, 2.24) is 4.72 Å². The van der Waals surface area contributed by atoms with Crippen molar-refractivity contribution in [2.45, 2.75) is 18.4 Å². The van der Waals surface area contributed by atoms with Crippen molar-refractivity contribution in [3.05, 3.63) is 90.0 Å². The van der Waals surface area contributed by atoms with Crippen LogP contribution in [0.25, 0.3) is 11.1 Å². The fourth-order valence-electron chi connectivity index (χ4n) is 2.87. The van der Waals surface area contributed by atoms with E-state index in [-0.39, 0.29) is 10.5 Å². The molecule has 0 spiro atoms. The lowest BCUT2D eigenvalue weighted by Crippen LogP contribution is -2.31. The Kier molecular flexibility index (Phi) is 6.23. The summed E-state index contributed by atoms with van der Waals surface area (Å²) in [4.78, 5) is 12.9. The number of ether oxygens (including phenoxy) is 1. The van der Waals surface area contributed by atoms with Crippen molar-refractivity contribution in [2.75, 3.05) is 6.61 Å². The first-order chi connectivity index (χ1) is 13.5. The van der Waals surface area contributed by atoms with Gasteiger partial charge < -0.3 is 4.74 Å². The number of sulfonamides is 1. The van der Waals surface area contributed by atoms with Gasteiger partial charge in [-0.2, -0.15) is 0 Å². The van der Waals surface area contributed by atoms with E-state index in [4.69, 9.17) is 4.74 Å². The van der Waals surface area contributed by atoms with E-state index < -0.39 is 15.9 Å². The van der Waals surface area contributed by atoms with Crippen LogP contribution in [0.4, 0.5) is 0 Å². The molecule has 5 nitrogen and oxygen atoms in total. The molecular weight excluding hydrogens is 374 g/mol. The summed E-state index contributed by atoms with van der Waals surface area (Å²) in [5.41, 5.74) is 2.69. The number of nitrogens with one attached hydrogen (secondary N) is 1. The molecule has 0 aliphatic rings. The highest BCUT2D eigenvalue weighted by Gasteiger charge is 2.21. The minimum absolute atomic E-state index is 0.0394. The minimum atomic E-state index is -3.96. The zero-order chi connectivity index (χ0) is 20.0. The molecule has 0 atom stereocenters. The Morgan fingerprint density at radius 1 is 0.857 bits per heavy atom. The Morgan fingerprint density at radius 3 is 2.18 bits per heavy atom. The molecule has 3 aromatic carbocycles. The Morgan fingerprint density at radius 2 is 1.46 bits per heavy atom. The first kappa shape index (κ1) is 19.8. The number of hydrogen-bond acceptors (Lipinski definition) is 4. The molecule has 0 aliphatic carbocycles. The molecule has 0 fully saturated rings. The first-order valence-corrected chi connectivity index (χ1v) is 10.4. The molecule has 144 valence electrons. The maximum atomic E-state index is 12.8. The predicted octanol–water partition coefficient (Wildman–Crippen LogP) is 4.01. The van der Waals surface area contributed by atoms with Crippen LogP contribution in [0.15, 0.2) is 83.8 Å². The SMILES string of the molecule is CCOCc1ccccc1-c1ccccc1C(=O)NS(=O)(=O)c1ccccc1. The Hall–Kier alpha value is -2.96. The van der Waals surface area contributed by atoms with Crippen molar-refractivity contribution < 1.29 is 17.9 Å². The fraction of sp³-hybridized carbons (Fsp3) is 0.136. The van der Waals surface area contributed by atoms with Crippen molar-refractivity contribution in [3.63, 3.8) is 0 Å². The van der Waals surface area contributed by atoms with Gasteiger partial charge in [0.15, 0.2) is 0 Å². The van der Waals surface area contributed by atoms with E-state index in [1.165, 1.54) is 12.1 Å². The van der Waals surface area contributed by atoms with E-state index >= 15 is 0 Å². The second kappa shape index (κ2) is 8.82. The molecule has 0 radical (unpaired) electrons. The molecule has 0 aromatic heterocycles. The molecular formula is C22H21NO4S. The first-order valence-electron chi connectivity index (χ1n) is 8.90. The summed E-state index contributed by atoms with van der Waals surface area (Å²) in [6.07, 6.45) is 0. The van der Waals surface area contributed by atoms with Crippen LogP contribution in [-0.4, -0.2) is 20.9 Å². The van der Waals surface area contributed by atoms with Gasteiger partial charge in [0.1, 0.15) is 0 Å². The van der Waals surface area contributed by atoms with Crippen LogP contribution in [0.5, 0.6) is 0 Å². The van der Waals surface area contributed by atoms with Crippen LogP contribution >= 0.6 is 0 Å². The standard InChI is InChI=1S/C22H21NO4S/c1-2-27-16-17-10-6-7-13-19(17)20-14-8-9-15-21(20)22(24)23-28(25,26)18-11-4-3-5-12-18/h3-15H,2,16H2,1H3,(H,23,24). The molecule has 1 amide bonds. The Bertz CT molecular complexity index is 1060. The maximum Gasteiger partial charge on any atom is 0.265 e. The highest BCUT2D eigenvalue weighted by Crippen LogP contribution is 2.28. The predicted molar refractivity (Wildman–Crippen MR) is 108 cm³/mol. The van der Waals surface area contributed by atoms with Gasteiger partial charge in [0.05, 0.1) is 11.5 Å². The molecule has 0 bridgehead atoms. The van der Waals surface area contributed by atoms with Crippen molar-refractivity contribution in [3.8, 4) is 11.1 Å². The summed E-state index contributed by atoms with van der Waals surface area (Å²) in [7, 11) is -3.96. The van der Waals surface area contributed by atoms with Gasteiger partial charge in [-0.25, -0.2) is 13.1 Å².